The molecular formula is C13H20FN3O. The Balaban J connectivity index is 2.81. The molecule has 0 spiro atoms. The highest BCUT2D eigenvalue weighted by molar-refractivity contribution is 5.98. The quantitative estimate of drug-likeness (QED) is 0.847. The molecule has 18 heavy (non-hydrogen) atoms. The first-order valence-corrected chi connectivity index (χ1v) is 6.01. The molecule has 0 bridgehead atoms. The number of carbonyl (C=O) groups is 1. The fraction of sp³-hybridized carbons (Fsp3) is 0.538. The lowest BCUT2D eigenvalue weighted by Gasteiger charge is -2.23. The summed E-state index contributed by atoms with van der Waals surface area (Å²) in [6.07, 6.45) is 2.03. The van der Waals surface area contributed by atoms with Gasteiger partial charge in [0.15, 0.2) is 0 Å². The van der Waals surface area contributed by atoms with Crippen LogP contribution in [0.5, 0.6) is 0 Å². The van der Waals surface area contributed by atoms with Crippen molar-refractivity contribution in [3.05, 3.63) is 23.6 Å². The van der Waals surface area contributed by atoms with Crippen LogP contribution in [0, 0.1) is 11.2 Å². The van der Waals surface area contributed by atoms with Crippen molar-refractivity contribution in [3.63, 3.8) is 0 Å². The third-order valence-electron chi connectivity index (χ3n) is 3.02. The van der Waals surface area contributed by atoms with Crippen molar-refractivity contribution >= 4 is 11.7 Å². The summed E-state index contributed by atoms with van der Waals surface area (Å²) in [5.41, 5.74) is 0.250. The van der Waals surface area contributed by atoms with E-state index in [4.69, 9.17) is 0 Å². The van der Waals surface area contributed by atoms with Gasteiger partial charge >= 0.3 is 0 Å². The number of rotatable bonds is 5. The highest BCUT2D eigenvalue weighted by atomic mass is 19.1. The standard InChI is InChI=1S/C13H20FN3O/c1-5-13(2,3)8-17-12(18)10-6-9(14)7-16-11(10)15-4/h6-7H,5,8H2,1-4H3,(H,15,16)(H,17,18). The van der Waals surface area contributed by atoms with E-state index in [1.165, 1.54) is 6.07 Å². The Kier molecular flexibility index (Phi) is 4.64. The van der Waals surface area contributed by atoms with Crippen molar-refractivity contribution in [2.75, 3.05) is 18.9 Å². The summed E-state index contributed by atoms with van der Waals surface area (Å²) < 4.78 is 13.1. The van der Waals surface area contributed by atoms with E-state index in [0.717, 1.165) is 12.6 Å². The van der Waals surface area contributed by atoms with Crippen LogP contribution in [0.4, 0.5) is 10.2 Å². The minimum absolute atomic E-state index is 0.0240. The summed E-state index contributed by atoms with van der Waals surface area (Å²) in [6.45, 7) is 6.74. The van der Waals surface area contributed by atoms with Crippen LogP contribution in [0.25, 0.3) is 0 Å². The first kappa shape index (κ1) is 14.4. The maximum atomic E-state index is 13.1. The summed E-state index contributed by atoms with van der Waals surface area (Å²) >= 11 is 0. The summed E-state index contributed by atoms with van der Waals surface area (Å²) in [4.78, 5) is 15.8. The zero-order valence-electron chi connectivity index (χ0n) is 11.3. The van der Waals surface area contributed by atoms with Gasteiger partial charge in [-0.1, -0.05) is 20.8 Å². The van der Waals surface area contributed by atoms with Crippen LogP contribution >= 0.6 is 0 Å². The van der Waals surface area contributed by atoms with E-state index in [1.807, 2.05) is 0 Å². The van der Waals surface area contributed by atoms with Crippen molar-refractivity contribution < 1.29 is 9.18 Å². The normalized spacial score (nSPS) is 11.2. The van der Waals surface area contributed by atoms with Gasteiger partial charge in [-0.05, 0) is 17.9 Å². The number of hydrogen-bond acceptors (Lipinski definition) is 3. The van der Waals surface area contributed by atoms with E-state index in [0.29, 0.717) is 12.4 Å². The smallest absolute Gasteiger partial charge is 0.255 e. The molecule has 0 unspecified atom stereocenters. The predicted molar refractivity (Wildman–Crippen MR) is 70.1 cm³/mol. The molecule has 0 aliphatic heterocycles. The van der Waals surface area contributed by atoms with Gasteiger partial charge in [-0.15, -0.1) is 0 Å². The molecule has 0 atom stereocenters. The van der Waals surface area contributed by atoms with Gasteiger partial charge in [0.2, 0.25) is 0 Å². The molecule has 1 amide bonds. The molecule has 0 aliphatic rings. The minimum Gasteiger partial charge on any atom is -0.372 e. The second-order valence-electron chi connectivity index (χ2n) is 5.00. The zero-order valence-corrected chi connectivity index (χ0v) is 11.3. The highest BCUT2D eigenvalue weighted by Gasteiger charge is 2.18. The number of aromatic nitrogens is 1. The molecule has 0 radical (unpaired) electrons. The third kappa shape index (κ3) is 3.68. The van der Waals surface area contributed by atoms with E-state index in [9.17, 15) is 9.18 Å². The average Bonchev–Trinajstić information content (AvgIpc) is 2.36. The number of nitrogens with one attached hydrogen (secondary N) is 2. The molecule has 0 saturated carbocycles. The number of nitrogens with zero attached hydrogens (tertiary/aromatic N) is 1. The summed E-state index contributed by atoms with van der Waals surface area (Å²) in [6, 6.07) is 1.19. The van der Waals surface area contributed by atoms with Crippen molar-refractivity contribution in [2.24, 2.45) is 5.41 Å². The fourth-order valence-corrected chi connectivity index (χ4v) is 1.35. The van der Waals surface area contributed by atoms with Crippen molar-refractivity contribution in [1.82, 2.24) is 10.3 Å². The maximum absolute atomic E-state index is 13.1. The topological polar surface area (TPSA) is 54.0 Å². The maximum Gasteiger partial charge on any atom is 0.255 e. The second-order valence-corrected chi connectivity index (χ2v) is 5.00. The first-order valence-electron chi connectivity index (χ1n) is 6.01. The highest BCUT2D eigenvalue weighted by Crippen LogP contribution is 2.19. The lowest BCUT2D eigenvalue weighted by molar-refractivity contribution is 0.0936. The molecule has 0 aromatic carbocycles. The molecule has 2 N–H and O–H groups in total. The molecule has 5 heteroatoms. The number of amides is 1. The van der Waals surface area contributed by atoms with E-state index >= 15 is 0 Å². The summed E-state index contributed by atoms with van der Waals surface area (Å²) in [5.74, 6) is -0.454. The molecule has 1 aromatic heterocycles. The van der Waals surface area contributed by atoms with Gasteiger partial charge in [-0.25, -0.2) is 9.37 Å². The average molecular weight is 253 g/mol. The van der Waals surface area contributed by atoms with Gasteiger partial charge in [0.25, 0.3) is 5.91 Å². The third-order valence-corrected chi connectivity index (χ3v) is 3.02. The van der Waals surface area contributed by atoms with Gasteiger partial charge in [-0.2, -0.15) is 0 Å². The number of anilines is 1. The number of hydrogen-bond donors (Lipinski definition) is 2. The monoisotopic (exact) mass is 253 g/mol. The molecule has 100 valence electrons. The van der Waals surface area contributed by atoms with Crippen molar-refractivity contribution in [3.8, 4) is 0 Å². The number of halogens is 1. The SMILES string of the molecule is CCC(C)(C)CNC(=O)c1cc(F)cnc1NC. The Bertz CT molecular complexity index is 432. The minimum atomic E-state index is -0.520. The Labute approximate surface area is 107 Å². The summed E-state index contributed by atoms with van der Waals surface area (Å²) in [7, 11) is 1.65. The molecule has 1 heterocycles. The first-order chi connectivity index (χ1) is 8.39. The van der Waals surface area contributed by atoms with Gasteiger partial charge in [0.1, 0.15) is 11.6 Å². The number of pyridine rings is 1. The largest absolute Gasteiger partial charge is 0.372 e. The molecule has 1 rings (SSSR count). The Morgan fingerprint density at radius 2 is 2.17 bits per heavy atom. The van der Waals surface area contributed by atoms with Crippen LogP contribution in [0.3, 0.4) is 0 Å². The molecule has 0 aliphatic carbocycles. The van der Waals surface area contributed by atoms with Crippen LogP contribution < -0.4 is 10.6 Å². The predicted octanol–water partition coefficient (Wildman–Crippen LogP) is 2.43. The van der Waals surface area contributed by atoms with E-state index < -0.39 is 5.82 Å². The summed E-state index contributed by atoms with van der Waals surface area (Å²) in [5, 5.41) is 5.58. The van der Waals surface area contributed by atoms with Crippen LogP contribution in [0.1, 0.15) is 37.6 Å². The van der Waals surface area contributed by atoms with Crippen molar-refractivity contribution in [2.45, 2.75) is 27.2 Å². The van der Waals surface area contributed by atoms with E-state index in [-0.39, 0.29) is 16.9 Å². The lowest BCUT2D eigenvalue weighted by Crippen LogP contribution is -2.34. The Morgan fingerprint density at radius 1 is 1.50 bits per heavy atom. The van der Waals surface area contributed by atoms with Gasteiger partial charge < -0.3 is 10.6 Å². The van der Waals surface area contributed by atoms with Crippen molar-refractivity contribution in [1.29, 1.82) is 0 Å². The second kappa shape index (κ2) is 5.80. The molecule has 0 fully saturated rings. The van der Waals surface area contributed by atoms with Crippen LogP contribution in [0.2, 0.25) is 0 Å². The van der Waals surface area contributed by atoms with Crippen LogP contribution in [-0.2, 0) is 0 Å². The molecule has 0 saturated heterocycles. The van der Waals surface area contributed by atoms with Gasteiger partial charge in [0.05, 0.1) is 11.8 Å². The molecule has 4 nitrogen and oxygen atoms in total. The number of carbonyl (C=O) groups excluding carboxylic acids is 1. The lowest BCUT2D eigenvalue weighted by atomic mass is 9.90. The Hall–Kier alpha value is -1.65. The molecular weight excluding hydrogens is 233 g/mol. The zero-order chi connectivity index (χ0) is 13.8. The van der Waals surface area contributed by atoms with Crippen LogP contribution in [0.15, 0.2) is 12.3 Å². The Morgan fingerprint density at radius 3 is 2.72 bits per heavy atom. The van der Waals surface area contributed by atoms with Gasteiger partial charge in [0, 0.05) is 13.6 Å². The van der Waals surface area contributed by atoms with E-state index in [1.54, 1.807) is 7.05 Å². The molecule has 1 aromatic rings. The van der Waals surface area contributed by atoms with Gasteiger partial charge in [-0.3, -0.25) is 4.79 Å². The van der Waals surface area contributed by atoms with Crippen LogP contribution in [-0.4, -0.2) is 24.5 Å². The fourth-order valence-electron chi connectivity index (χ4n) is 1.35. The van der Waals surface area contributed by atoms with E-state index in [2.05, 4.69) is 36.4 Å².